The lowest BCUT2D eigenvalue weighted by Gasteiger charge is -2.23. The Morgan fingerprint density at radius 2 is 2.05 bits per heavy atom. The third-order valence-electron chi connectivity index (χ3n) is 2.83. The molecule has 0 aliphatic rings. The summed E-state index contributed by atoms with van der Waals surface area (Å²) in [5.41, 5.74) is 1.16. The van der Waals surface area contributed by atoms with Gasteiger partial charge in [-0.25, -0.2) is 0 Å². The molecule has 0 saturated carbocycles. The number of carbonyl (C=O) groups is 1. The van der Waals surface area contributed by atoms with Crippen molar-refractivity contribution in [3.05, 3.63) is 28.2 Å². The third-order valence-corrected chi connectivity index (χ3v) is 4.43. The number of rotatable bonds is 6. The molecule has 1 aromatic carbocycles. The van der Waals surface area contributed by atoms with Gasteiger partial charge in [-0.1, -0.05) is 35.8 Å². The zero-order chi connectivity index (χ0) is 14.6. The van der Waals surface area contributed by atoms with E-state index in [1.54, 1.807) is 18.7 Å². The normalized spacial score (nSPS) is 13.0. The molecular weight excluding hydrogens is 326 g/mol. The minimum atomic E-state index is -0.794. The van der Waals surface area contributed by atoms with Crippen molar-refractivity contribution in [2.75, 3.05) is 7.05 Å². The van der Waals surface area contributed by atoms with Crippen molar-refractivity contribution in [3.8, 4) is 0 Å². The molecule has 5 heteroatoms. The van der Waals surface area contributed by atoms with Crippen molar-refractivity contribution < 1.29 is 9.90 Å². The van der Waals surface area contributed by atoms with Gasteiger partial charge in [0, 0.05) is 21.2 Å². The van der Waals surface area contributed by atoms with E-state index in [1.165, 1.54) is 4.90 Å². The lowest BCUT2D eigenvalue weighted by atomic mass is 10.2. The lowest BCUT2D eigenvalue weighted by molar-refractivity contribution is -0.142. The van der Waals surface area contributed by atoms with E-state index in [1.807, 2.05) is 18.0 Å². The second kappa shape index (κ2) is 7.31. The maximum Gasteiger partial charge on any atom is 0.320 e. The van der Waals surface area contributed by atoms with Crippen LogP contribution in [0.3, 0.4) is 0 Å². The second-order valence-corrected chi connectivity index (χ2v) is 7.38. The number of likely N-dealkylation sites (N-methyl/N-ethyl adjacent to an activating group) is 1. The van der Waals surface area contributed by atoms with Crippen LogP contribution in [-0.4, -0.2) is 34.3 Å². The molecule has 1 N–H and O–H groups in total. The van der Waals surface area contributed by atoms with Gasteiger partial charge in [0.25, 0.3) is 0 Å². The van der Waals surface area contributed by atoms with Gasteiger partial charge in [0.05, 0.1) is 0 Å². The number of carboxylic acid groups (broad SMARTS) is 1. The number of thioether (sulfide) groups is 1. The molecule has 0 aliphatic heterocycles. The Morgan fingerprint density at radius 1 is 1.42 bits per heavy atom. The molecule has 0 aliphatic carbocycles. The second-order valence-electron chi connectivity index (χ2n) is 4.85. The van der Waals surface area contributed by atoms with Gasteiger partial charge in [-0.15, -0.1) is 11.8 Å². The highest BCUT2D eigenvalue weighted by Gasteiger charge is 2.18. The maximum atomic E-state index is 11.0. The number of nitrogens with zero attached hydrogens (tertiary/aromatic N) is 1. The highest BCUT2D eigenvalue weighted by molar-refractivity contribution is 9.10. The van der Waals surface area contributed by atoms with Gasteiger partial charge in [0.2, 0.25) is 0 Å². The number of carboxylic acids is 1. The molecule has 1 unspecified atom stereocenters. The Kier molecular flexibility index (Phi) is 6.36. The Hall–Kier alpha value is -0.520. The van der Waals surface area contributed by atoms with Gasteiger partial charge in [0.1, 0.15) is 6.04 Å². The Bertz CT molecular complexity index is 451. The van der Waals surface area contributed by atoms with Gasteiger partial charge in [0.15, 0.2) is 0 Å². The fraction of sp³-hybridized carbons (Fsp3) is 0.500. The van der Waals surface area contributed by atoms with Crippen molar-refractivity contribution >= 4 is 33.7 Å². The zero-order valence-electron chi connectivity index (χ0n) is 11.7. The van der Waals surface area contributed by atoms with Crippen LogP contribution in [0.2, 0.25) is 0 Å². The quantitative estimate of drug-likeness (QED) is 0.795. The molecule has 0 bridgehead atoms. The van der Waals surface area contributed by atoms with Crippen LogP contribution in [0.15, 0.2) is 27.6 Å². The minimum absolute atomic E-state index is 0.486. The first-order chi connectivity index (χ1) is 8.81. The number of hydrogen-bond acceptors (Lipinski definition) is 3. The average molecular weight is 346 g/mol. The summed E-state index contributed by atoms with van der Waals surface area (Å²) in [6.07, 6.45) is 0. The molecule has 0 spiro atoms. The summed E-state index contributed by atoms with van der Waals surface area (Å²) in [6.45, 7) is 6.64. The molecule has 0 heterocycles. The van der Waals surface area contributed by atoms with Crippen molar-refractivity contribution in [3.63, 3.8) is 0 Å². The molecule has 0 fully saturated rings. The Morgan fingerprint density at radius 3 is 2.58 bits per heavy atom. The molecule has 19 heavy (non-hydrogen) atoms. The van der Waals surface area contributed by atoms with Crippen LogP contribution in [0.1, 0.15) is 26.3 Å². The topological polar surface area (TPSA) is 40.5 Å². The monoisotopic (exact) mass is 345 g/mol. The third kappa shape index (κ3) is 5.16. The van der Waals surface area contributed by atoms with E-state index in [9.17, 15) is 4.79 Å². The first-order valence-electron chi connectivity index (χ1n) is 6.19. The van der Waals surface area contributed by atoms with E-state index in [4.69, 9.17) is 5.11 Å². The summed E-state index contributed by atoms with van der Waals surface area (Å²) in [5.74, 6) is -0.794. The zero-order valence-corrected chi connectivity index (χ0v) is 14.1. The van der Waals surface area contributed by atoms with E-state index < -0.39 is 12.0 Å². The highest BCUT2D eigenvalue weighted by atomic mass is 79.9. The van der Waals surface area contributed by atoms with E-state index in [0.29, 0.717) is 11.8 Å². The Balaban J connectivity index is 2.90. The minimum Gasteiger partial charge on any atom is -0.480 e. The largest absolute Gasteiger partial charge is 0.480 e. The van der Waals surface area contributed by atoms with E-state index in [0.717, 1.165) is 10.0 Å². The fourth-order valence-corrected chi connectivity index (χ4v) is 3.12. The molecule has 106 valence electrons. The van der Waals surface area contributed by atoms with Gasteiger partial charge in [-0.2, -0.15) is 0 Å². The predicted octanol–water partition coefficient (Wildman–Crippen LogP) is 3.85. The van der Waals surface area contributed by atoms with Crippen LogP contribution in [-0.2, 0) is 11.3 Å². The van der Waals surface area contributed by atoms with Crippen LogP contribution >= 0.6 is 27.7 Å². The molecule has 1 rings (SSSR count). The van der Waals surface area contributed by atoms with Crippen LogP contribution in [0.4, 0.5) is 0 Å². The smallest absolute Gasteiger partial charge is 0.320 e. The summed E-state index contributed by atoms with van der Waals surface area (Å²) in [7, 11) is 1.84. The van der Waals surface area contributed by atoms with Gasteiger partial charge < -0.3 is 5.11 Å². The van der Waals surface area contributed by atoms with Crippen molar-refractivity contribution in [2.45, 2.75) is 43.5 Å². The Labute approximate surface area is 127 Å². The van der Waals surface area contributed by atoms with E-state index in [-0.39, 0.29) is 0 Å². The first kappa shape index (κ1) is 16.5. The number of hydrogen-bond donors (Lipinski definition) is 1. The molecule has 3 nitrogen and oxygen atoms in total. The lowest BCUT2D eigenvalue weighted by Crippen LogP contribution is -2.35. The molecule has 1 atom stereocenters. The standard InChI is InChI=1S/C14H20BrNO2S/c1-9(2)19-13-7-12(15)6-5-11(13)8-16(4)10(3)14(17)18/h5-7,9-10H,8H2,1-4H3,(H,17,18). The highest BCUT2D eigenvalue weighted by Crippen LogP contribution is 2.30. The summed E-state index contributed by atoms with van der Waals surface area (Å²) in [4.78, 5) is 14.0. The van der Waals surface area contributed by atoms with Gasteiger partial charge in [-0.3, -0.25) is 9.69 Å². The number of aliphatic carboxylic acids is 1. The van der Waals surface area contributed by atoms with Crippen LogP contribution in [0.25, 0.3) is 0 Å². The SMILES string of the molecule is CC(C)Sc1cc(Br)ccc1CN(C)C(C)C(=O)O. The van der Waals surface area contributed by atoms with E-state index in [2.05, 4.69) is 41.9 Å². The molecule has 0 amide bonds. The summed E-state index contributed by atoms with van der Waals surface area (Å²) >= 11 is 5.28. The van der Waals surface area contributed by atoms with Gasteiger partial charge >= 0.3 is 5.97 Å². The summed E-state index contributed by atoms with van der Waals surface area (Å²) in [6, 6.07) is 5.67. The molecule has 0 aromatic heterocycles. The fourth-order valence-electron chi connectivity index (χ4n) is 1.62. The molecular formula is C14H20BrNO2S. The van der Waals surface area contributed by atoms with Crippen molar-refractivity contribution in [1.82, 2.24) is 4.90 Å². The van der Waals surface area contributed by atoms with Crippen molar-refractivity contribution in [2.24, 2.45) is 0 Å². The number of benzene rings is 1. The van der Waals surface area contributed by atoms with Gasteiger partial charge in [-0.05, 0) is 31.7 Å². The van der Waals surface area contributed by atoms with Crippen LogP contribution < -0.4 is 0 Å². The first-order valence-corrected chi connectivity index (χ1v) is 7.86. The maximum absolute atomic E-state index is 11.0. The van der Waals surface area contributed by atoms with E-state index >= 15 is 0 Å². The average Bonchev–Trinajstić information content (AvgIpc) is 2.30. The van der Waals surface area contributed by atoms with Crippen LogP contribution in [0, 0.1) is 0 Å². The number of halogens is 1. The van der Waals surface area contributed by atoms with Crippen molar-refractivity contribution in [1.29, 1.82) is 0 Å². The summed E-state index contributed by atoms with van der Waals surface area (Å²) in [5, 5.41) is 9.53. The molecule has 1 aromatic rings. The predicted molar refractivity (Wildman–Crippen MR) is 83.7 cm³/mol. The molecule has 0 radical (unpaired) electrons. The summed E-state index contributed by atoms with van der Waals surface area (Å²) < 4.78 is 1.05. The molecule has 0 saturated heterocycles. The van der Waals surface area contributed by atoms with Crippen LogP contribution in [0.5, 0.6) is 0 Å².